The van der Waals surface area contributed by atoms with Crippen LogP contribution < -0.4 is 4.74 Å². The minimum absolute atomic E-state index is 0.460. The molecule has 0 fully saturated rings. The second kappa shape index (κ2) is 4.51. The molecule has 3 rings (SSSR count). The maximum Gasteiger partial charge on any atom is 0.215 e. The van der Waals surface area contributed by atoms with Gasteiger partial charge in [-0.25, -0.2) is 15.0 Å². The molecule has 0 radical (unpaired) electrons. The van der Waals surface area contributed by atoms with Gasteiger partial charge in [0.1, 0.15) is 17.1 Å². The van der Waals surface area contributed by atoms with Gasteiger partial charge in [0.25, 0.3) is 0 Å². The summed E-state index contributed by atoms with van der Waals surface area (Å²) in [6.45, 7) is 1.98. The molecule has 0 aliphatic heterocycles. The van der Waals surface area contributed by atoms with Crippen molar-refractivity contribution < 1.29 is 4.74 Å². The van der Waals surface area contributed by atoms with Gasteiger partial charge in [-0.15, -0.1) is 0 Å². The van der Waals surface area contributed by atoms with E-state index in [0.717, 1.165) is 22.3 Å². The van der Waals surface area contributed by atoms with Crippen molar-refractivity contribution in [1.82, 2.24) is 19.5 Å². The van der Waals surface area contributed by atoms with Gasteiger partial charge in [-0.3, -0.25) is 0 Å². The van der Waals surface area contributed by atoms with Gasteiger partial charge in [-0.2, -0.15) is 0 Å². The van der Waals surface area contributed by atoms with Gasteiger partial charge in [-0.05, 0) is 18.6 Å². The highest BCUT2D eigenvalue weighted by Gasteiger charge is 2.12. The van der Waals surface area contributed by atoms with Crippen LogP contribution in [0.5, 0.6) is 5.88 Å². The lowest BCUT2D eigenvalue weighted by atomic mass is 10.3. The predicted octanol–water partition coefficient (Wildman–Crippen LogP) is 2.79. The molecule has 0 spiro atoms. The molecule has 0 aromatic carbocycles. The minimum atomic E-state index is 0.460. The Labute approximate surface area is 114 Å². The number of nitrogens with zero attached hydrogens (tertiary/aromatic N) is 4. The number of aryl methyl sites for hydroxylation is 1. The second-order valence-corrected chi connectivity index (χ2v) is 4.46. The first kappa shape index (κ1) is 11.9. The number of aromatic nitrogens is 4. The van der Waals surface area contributed by atoms with Crippen LogP contribution in [0, 0.1) is 6.92 Å². The molecule has 6 heteroatoms. The van der Waals surface area contributed by atoms with Crippen LogP contribution in [-0.4, -0.2) is 26.6 Å². The molecule has 19 heavy (non-hydrogen) atoms. The molecule has 0 N–H and O–H groups in total. The first-order valence-corrected chi connectivity index (χ1v) is 6.07. The molecule has 5 nitrogen and oxygen atoms in total. The summed E-state index contributed by atoms with van der Waals surface area (Å²) < 4.78 is 7.08. The van der Waals surface area contributed by atoms with E-state index >= 15 is 0 Å². The average Bonchev–Trinajstić information content (AvgIpc) is 2.78. The maximum absolute atomic E-state index is 6.12. The SMILES string of the molecule is COc1cc(-n2cc(C)c3c(Cl)ncnc32)ccn1. The summed E-state index contributed by atoms with van der Waals surface area (Å²) in [6.07, 6.45) is 5.12. The Hall–Kier alpha value is -2.14. The number of fused-ring (bicyclic) bond motifs is 1. The van der Waals surface area contributed by atoms with Crippen molar-refractivity contribution in [2.24, 2.45) is 0 Å². The Kier molecular flexibility index (Phi) is 2.83. The van der Waals surface area contributed by atoms with Crippen molar-refractivity contribution >= 4 is 22.6 Å². The molecule has 0 aliphatic rings. The van der Waals surface area contributed by atoms with Crippen LogP contribution in [-0.2, 0) is 0 Å². The molecule has 3 aromatic rings. The molecule has 0 saturated carbocycles. The molecule has 0 unspecified atom stereocenters. The van der Waals surface area contributed by atoms with Crippen LogP contribution in [0.3, 0.4) is 0 Å². The standard InChI is InChI=1S/C13H11ClN4O/c1-8-6-18(9-3-4-15-10(5-9)19-2)13-11(8)12(14)16-7-17-13/h3-7H,1-2H3. The van der Waals surface area contributed by atoms with Gasteiger partial charge in [-0.1, -0.05) is 11.6 Å². The Morgan fingerprint density at radius 3 is 2.89 bits per heavy atom. The van der Waals surface area contributed by atoms with Crippen molar-refractivity contribution in [3.8, 4) is 11.6 Å². The monoisotopic (exact) mass is 274 g/mol. The van der Waals surface area contributed by atoms with Crippen LogP contribution in [0.25, 0.3) is 16.7 Å². The molecule has 0 amide bonds. The van der Waals surface area contributed by atoms with Crippen molar-refractivity contribution in [2.45, 2.75) is 6.92 Å². The Bertz CT molecular complexity index is 753. The number of rotatable bonds is 2. The van der Waals surface area contributed by atoms with E-state index in [1.54, 1.807) is 13.3 Å². The molecule has 96 valence electrons. The second-order valence-electron chi connectivity index (χ2n) is 4.10. The molecule has 3 aromatic heterocycles. The highest BCUT2D eigenvalue weighted by molar-refractivity contribution is 6.34. The van der Waals surface area contributed by atoms with Crippen molar-refractivity contribution in [3.63, 3.8) is 0 Å². The fraction of sp³-hybridized carbons (Fsp3) is 0.154. The zero-order chi connectivity index (χ0) is 13.4. The van der Waals surface area contributed by atoms with Gasteiger partial charge in [0.15, 0.2) is 0 Å². The maximum atomic E-state index is 6.12. The molecule has 0 saturated heterocycles. The smallest absolute Gasteiger partial charge is 0.215 e. The third kappa shape index (κ3) is 1.92. The number of ether oxygens (including phenoxy) is 1. The zero-order valence-corrected chi connectivity index (χ0v) is 11.2. The fourth-order valence-corrected chi connectivity index (χ4v) is 2.33. The van der Waals surface area contributed by atoms with Crippen molar-refractivity contribution in [1.29, 1.82) is 0 Å². The summed E-state index contributed by atoms with van der Waals surface area (Å²) in [6, 6.07) is 3.73. The van der Waals surface area contributed by atoms with Crippen LogP contribution >= 0.6 is 11.6 Å². The molecule has 0 atom stereocenters. The number of methoxy groups -OCH3 is 1. The summed E-state index contributed by atoms with van der Waals surface area (Å²) in [4.78, 5) is 12.4. The van der Waals surface area contributed by atoms with Gasteiger partial charge < -0.3 is 9.30 Å². The summed E-state index contributed by atoms with van der Waals surface area (Å²) in [5.41, 5.74) is 2.71. The third-order valence-corrected chi connectivity index (χ3v) is 3.22. The summed E-state index contributed by atoms with van der Waals surface area (Å²) in [5.74, 6) is 0.553. The third-order valence-electron chi connectivity index (χ3n) is 2.93. The Morgan fingerprint density at radius 1 is 1.26 bits per heavy atom. The van der Waals surface area contributed by atoms with E-state index in [1.807, 2.05) is 29.8 Å². The van der Waals surface area contributed by atoms with E-state index in [4.69, 9.17) is 16.3 Å². The van der Waals surface area contributed by atoms with Gasteiger partial charge in [0, 0.05) is 18.5 Å². The van der Waals surface area contributed by atoms with Crippen LogP contribution in [0.2, 0.25) is 5.15 Å². The van der Waals surface area contributed by atoms with Crippen LogP contribution in [0.15, 0.2) is 30.9 Å². The highest BCUT2D eigenvalue weighted by atomic mass is 35.5. The normalized spacial score (nSPS) is 10.9. The van der Waals surface area contributed by atoms with E-state index in [1.165, 1.54) is 6.33 Å². The Balaban J connectivity index is 2.28. The van der Waals surface area contributed by atoms with E-state index in [9.17, 15) is 0 Å². The van der Waals surface area contributed by atoms with Gasteiger partial charge >= 0.3 is 0 Å². The van der Waals surface area contributed by atoms with E-state index in [0.29, 0.717) is 11.0 Å². The summed E-state index contributed by atoms with van der Waals surface area (Å²) in [7, 11) is 1.59. The predicted molar refractivity (Wildman–Crippen MR) is 73.0 cm³/mol. The van der Waals surface area contributed by atoms with E-state index in [2.05, 4.69) is 15.0 Å². The fourth-order valence-electron chi connectivity index (χ4n) is 2.05. The summed E-state index contributed by atoms with van der Waals surface area (Å²) >= 11 is 6.12. The number of pyridine rings is 1. The van der Waals surface area contributed by atoms with Gasteiger partial charge in [0.05, 0.1) is 18.2 Å². The average molecular weight is 275 g/mol. The first-order chi connectivity index (χ1) is 9.20. The topological polar surface area (TPSA) is 52.8 Å². The quantitative estimate of drug-likeness (QED) is 0.674. The minimum Gasteiger partial charge on any atom is -0.481 e. The molecule has 0 bridgehead atoms. The number of hydrogen-bond acceptors (Lipinski definition) is 4. The van der Waals surface area contributed by atoms with Gasteiger partial charge in [0.2, 0.25) is 5.88 Å². The lowest BCUT2D eigenvalue weighted by Gasteiger charge is -2.06. The molecular weight excluding hydrogens is 264 g/mol. The van der Waals surface area contributed by atoms with E-state index in [-0.39, 0.29) is 0 Å². The van der Waals surface area contributed by atoms with Crippen molar-refractivity contribution in [2.75, 3.05) is 7.11 Å². The Morgan fingerprint density at radius 2 is 2.11 bits per heavy atom. The highest BCUT2D eigenvalue weighted by Crippen LogP contribution is 2.27. The number of halogens is 1. The van der Waals surface area contributed by atoms with E-state index < -0.39 is 0 Å². The zero-order valence-electron chi connectivity index (χ0n) is 10.5. The molecule has 0 aliphatic carbocycles. The summed E-state index contributed by atoms with van der Waals surface area (Å²) in [5, 5.41) is 1.32. The molecule has 3 heterocycles. The lowest BCUT2D eigenvalue weighted by Crippen LogP contribution is -1.96. The van der Waals surface area contributed by atoms with Crippen molar-refractivity contribution in [3.05, 3.63) is 41.6 Å². The largest absolute Gasteiger partial charge is 0.481 e. The van der Waals surface area contributed by atoms with Crippen LogP contribution in [0.4, 0.5) is 0 Å². The lowest BCUT2D eigenvalue weighted by molar-refractivity contribution is 0.397. The van der Waals surface area contributed by atoms with Crippen LogP contribution in [0.1, 0.15) is 5.56 Å². The number of hydrogen-bond donors (Lipinski definition) is 0. The first-order valence-electron chi connectivity index (χ1n) is 5.69. The molecular formula is C13H11ClN4O.